The molecule has 0 saturated carbocycles. The van der Waals surface area contributed by atoms with Crippen molar-refractivity contribution < 1.29 is 8.83 Å². The van der Waals surface area contributed by atoms with Crippen LogP contribution in [0.25, 0.3) is 110 Å². The van der Waals surface area contributed by atoms with E-state index < -0.39 is 0 Å². The largest absolute Gasteiger partial charge is 0.456 e. The first-order chi connectivity index (χ1) is 29.2. The van der Waals surface area contributed by atoms with Gasteiger partial charge in [0.05, 0.1) is 11.4 Å². The van der Waals surface area contributed by atoms with Crippen LogP contribution in [0.2, 0.25) is 0 Å². The van der Waals surface area contributed by atoms with Crippen molar-refractivity contribution in [1.82, 2.24) is 0 Å². The Labute approximate surface area is 339 Å². The van der Waals surface area contributed by atoms with Gasteiger partial charge in [-0.05, 0) is 133 Å². The van der Waals surface area contributed by atoms with Crippen LogP contribution in [-0.4, -0.2) is 0 Å². The van der Waals surface area contributed by atoms with E-state index in [1.807, 2.05) is 12.1 Å². The summed E-state index contributed by atoms with van der Waals surface area (Å²) in [6.07, 6.45) is 0. The number of nitrogens with zero attached hydrogens (tertiary/aromatic N) is 1. The van der Waals surface area contributed by atoms with Gasteiger partial charge in [0.25, 0.3) is 0 Å². The van der Waals surface area contributed by atoms with Gasteiger partial charge in [0.15, 0.2) is 5.58 Å². The van der Waals surface area contributed by atoms with Crippen LogP contribution < -0.4 is 4.90 Å². The fourth-order valence-corrected chi connectivity index (χ4v) is 9.57. The number of para-hydroxylation sites is 3. The van der Waals surface area contributed by atoms with Crippen molar-refractivity contribution in [2.45, 2.75) is 0 Å². The third-order valence-electron chi connectivity index (χ3n) is 12.3. The van der Waals surface area contributed by atoms with Gasteiger partial charge in [-0.25, -0.2) is 0 Å². The number of rotatable bonds is 5. The molecule has 0 bridgehead atoms. The lowest BCUT2D eigenvalue weighted by Gasteiger charge is -2.29. The molecule has 0 atom stereocenters. The maximum absolute atomic E-state index is 6.78. The second-order valence-electron chi connectivity index (χ2n) is 15.6. The summed E-state index contributed by atoms with van der Waals surface area (Å²) in [6, 6.07) is 72.0. The summed E-state index contributed by atoms with van der Waals surface area (Å²) in [4.78, 5) is 2.39. The van der Waals surface area contributed by atoms with Crippen molar-refractivity contribution in [3.05, 3.63) is 200 Å². The molecular formula is C56H33NO2. The number of benzene rings is 10. The Balaban J connectivity index is 1.04. The summed E-state index contributed by atoms with van der Waals surface area (Å²) in [7, 11) is 0. The van der Waals surface area contributed by atoms with E-state index in [-0.39, 0.29) is 0 Å². The molecule has 274 valence electrons. The monoisotopic (exact) mass is 751 g/mol. The molecule has 0 fully saturated rings. The van der Waals surface area contributed by atoms with Crippen LogP contribution in [-0.2, 0) is 0 Å². The van der Waals surface area contributed by atoms with Crippen LogP contribution in [0, 0.1) is 0 Å². The number of hydrogen-bond acceptors (Lipinski definition) is 3. The molecule has 2 aromatic heterocycles. The molecule has 13 rings (SSSR count). The molecule has 0 saturated heterocycles. The molecule has 12 aromatic rings. The maximum atomic E-state index is 6.78. The third-order valence-corrected chi connectivity index (χ3v) is 12.3. The molecule has 0 unspecified atom stereocenters. The number of fused-ring (bicyclic) bond motifs is 12. The smallest absolute Gasteiger partial charge is 0.159 e. The minimum absolute atomic E-state index is 0.845. The molecular weight excluding hydrogens is 719 g/mol. The van der Waals surface area contributed by atoms with Gasteiger partial charge in [0.2, 0.25) is 0 Å². The highest BCUT2D eigenvalue weighted by atomic mass is 16.3. The van der Waals surface area contributed by atoms with E-state index in [0.29, 0.717) is 0 Å². The van der Waals surface area contributed by atoms with Crippen molar-refractivity contribution in [3.8, 4) is 44.5 Å². The number of anilines is 3. The summed E-state index contributed by atoms with van der Waals surface area (Å²) >= 11 is 0. The van der Waals surface area contributed by atoms with E-state index in [0.717, 1.165) is 72.1 Å². The van der Waals surface area contributed by atoms with Crippen LogP contribution in [0.5, 0.6) is 0 Å². The predicted octanol–water partition coefficient (Wildman–Crippen LogP) is 16.2. The molecule has 0 N–H and O–H groups in total. The van der Waals surface area contributed by atoms with Gasteiger partial charge in [-0.15, -0.1) is 0 Å². The van der Waals surface area contributed by atoms with Gasteiger partial charge in [0.1, 0.15) is 16.7 Å². The first kappa shape index (κ1) is 32.2. The van der Waals surface area contributed by atoms with Crippen molar-refractivity contribution in [1.29, 1.82) is 0 Å². The number of hydrogen-bond donors (Lipinski definition) is 0. The van der Waals surface area contributed by atoms with E-state index in [4.69, 9.17) is 8.83 Å². The molecule has 1 aliphatic carbocycles. The lowest BCUT2D eigenvalue weighted by atomic mass is 9.77. The Kier molecular flexibility index (Phi) is 6.72. The SMILES string of the molecule is c1ccc(-c2ccc3cc4c(cc3c2)-c2cc3cc(N(c5ccc6oc7ccccc7c6c5-c5ccccc5)c5cccc6c5oc5ccccc56)ccc3cc2-4)cc1. The second-order valence-corrected chi connectivity index (χ2v) is 15.6. The molecule has 0 radical (unpaired) electrons. The van der Waals surface area contributed by atoms with Crippen LogP contribution in [0.4, 0.5) is 17.1 Å². The van der Waals surface area contributed by atoms with Crippen LogP contribution in [0.3, 0.4) is 0 Å². The van der Waals surface area contributed by atoms with E-state index in [9.17, 15) is 0 Å². The van der Waals surface area contributed by atoms with Crippen molar-refractivity contribution >= 4 is 82.5 Å². The maximum Gasteiger partial charge on any atom is 0.159 e. The van der Waals surface area contributed by atoms with Gasteiger partial charge in [-0.1, -0.05) is 127 Å². The Morgan fingerprint density at radius 1 is 0.322 bits per heavy atom. The van der Waals surface area contributed by atoms with Gasteiger partial charge < -0.3 is 13.7 Å². The number of furan rings is 2. The highest BCUT2D eigenvalue weighted by Crippen LogP contribution is 2.53. The van der Waals surface area contributed by atoms with Crippen LogP contribution in [0.15, 0.2) is 209 Å². The molecule has 10 aromatic carbocycles. The van der Waals surface area contributed by atoms with Crippen LogP contribution in [0.1, 0.15) is 0 Å². The standard InChI is InChI=1S/C56H33NO2/c1-3-12-34(13-4-1)36-22-23-37-30-45-46-31-38-24-25-41(29-40(38)33-48(46)47(45)32-39(37)28-36)57(50-19-11-18-43-42-16-7-9-20-51(42)59-56(43)50)49-26-27-53-55(44-17-8-10-21-52(44)58-53)54(49)35-14-5-2-6-15-35/h1-33H. The first-order valence-electron chi connectivity index (χ1n) is 20.2. The van der Waals surface area contributed by atoms with Gasteiger partial charge in [-0.3, -0.25) is 0 Å². The zero-order valence-corrected chi connectivity index (χ0v) is 31.8. The van der Waals surface area contributed by atoms with Crippen molar-refractivity contribution in [2.24, 2.45) is 0 Å². The molecule has 0 aliphatic heterocycles. The lowest BCUT2D eigenvalue weighted by Crippen LogP contribution is -2.12. The highest BCUT2D eigenvalue weighted by Gasteiger charge is 2.27. The van der Waals surface area contributed by atoms with E-state index >= 15 is 0 Å². The van der Waals surface area contributed by atoms with E-state index in [1.54, 1.807) is 0 Å². The van der Waals surface area contributed by atoms with Crippen molar-refractivity contribution in [3.63, 3.8) is 0 Å². The minimum atomic E-state index is 0.845. The zero-order chi connectivity index (χ0) is 38.6. The molecule has 3 nitrogen and oxygen atoms in total. The average Bonchev–Trinajstić information content (AvgIpc) is 3.87. The molecule has 0 spiro atoms. The molecule has 59 heavy (non-hydrogen) atoms. The quantitative estimate of drug-likeness (QED) is 0.175. The minimum Gasteiger partial charge on any atom is -0.456 e. The summed E-state index contributed by atoms with van der Waals surface area (Å²) < 4.78 is 13.3. The third kappa shape index (κ3) is 4.82. The van der Waals surface area contributed by atoms with Gasteiger partial charge in [0, 0.05) is 32.8 Å². The molecule has 2 heterocycles. The fourth-order valence-electron chi connectivity index (χ4n) is 9.57. The van der Waals surface area contributed by atoms with Crippen molar-refractivity contribution in [2.75, 3.05) is 4.90 Å². The predicted molar refractivity (Wildman–Crippen MR) is 246 cm³/mol. The van der Waals surface area contributed by atoms with E-state index in [2.05, 4.69) is 193 Å². The summed E-state index contributed by atoms with van der Waals surface area (Å²) in [5, 5.41) is 9.27. The fraction of sp³-hybridized carbons (Fsp3) is 0. The Hall–Kier alpha value is -7.88. The normalized spacial score (nSPS) is 12.1. The molecule has 3 heteroatoms. The van der Waals surface area contributed by atoms with Crippen LogP contribution >= 0.6 is 0 Å². The second kappa shape index (κ2) is 12.3. The molecule has 1 aliphatic rings. The van der Waals surface area contributed by atoms with Gasteiger partial charge in [-0.2, -0.15) is 0 Å². The molecule has 0 amide bonds. The summed E-state index contributed by atoms with van der Waals surface area (Å²) in [5.41, 5.74) is 16.4. The lowest BCUT2D eigenvalue weighted by molar-refractivity contribution is 0.669. The Bertz CT molecular complexity index is 3670. The first-order valence-corrected chi connectivity index (χ1v) is 20.2. The highest BCUT2D eigenvalue weighted by molar-refractivity contribution is 6.18. The Morgan fingerprint density at radius 3 is 1.66 bits per heavy atom. The van der Waals surface area contributed by atoms with Gasteiger partial charge >= 0.3 is 0 Å². The summed E-state index contributed by atoms with van der Waals surface area (Å²) in [6.45, 7) is 0. The average molecular weight is 752 g/mol. The Morgan fingerprint density at radius 2 is 0.915 bits per heavy atom. The summed E-state index contributed by atoms with van der Waals surface area (Å²) in [5.74, 6) is 0. The topological polar surface area (TPSA) is 29.5 Å². The van der Waals surface area contributed by atoms with E-state index in [1.165, 1.54) is 54.9 Å². The zero-order valence-electron chi connectivity index (χ0n) is 31.8.